The quantitative estimate of drug-likeness (QED) is 0.232. The third kappa shape index (κ3) is 3.94. The molecule has 3 fully saturated rings. The number of carbonyl (C=O) groups is 5. The number of alkyl halides is 2. The van der Waals surface area contributed by atoms with E-state index in [0.717, 1.165) is 21.9 Å². The molecule has 7 rings (SSSR count). The number of aliphatic carboxylic acids is 1. The number of benzene rings is 3. The molecule has 2 aliphatic carbocycles. The monoisotopic (exact) mass is 650 g/mol. The van der Waals surface area contributed by atoms with Gasteiger partial charge in [0.15, 0.2) is 9.75 Å². The van der Waals surface area contributed by atoms with Crippen LogP contribution in [0.15, 0.2) is 72.3 Å². The van der Waals surface area contributed by atoms with E-state index >= 15 is 0 Å². The van der Waals surface area contributed by atoms with Crippen molar-refractivity contribution in [2.75, 3.05) is 11.4 Å². The normalized spacial score (nSPS) is 30.8. The topological polar surface area (TPSA) is 132 Å². The first-order valence-corrected chi connectivity index (χ1v) is 15.2. The number of fused-ring (bicyclic) bond motifs is 5. The van der Waals surface area contributed by atoms with Crippen molar-refractivity contribution in [2.24, 2.45) is 17.8 Å². The minimum absolute atomic E-state index is 0.0455. The summed E-state index contributed by atoms with van der Waals surface area (Å²) in [5.74, 6) is -8.65. The maximum absolute atomic E-state index is 14.4. The number of phenols is 1. The summed E-state index contributed by atoms with van der Waals surface area (Å²) >= 11 is 14.7. The van der Waals surface area contributed by atoms with Crippen LogP contribution >= 0.6 is 23.2 Å². The molecule has 0 bridgehead atoms. The number of allylic oxidation sites excluding steroid dienone is 2. The van der Waals surface area contributed by atoms with Crippen LogP contribution in [0.3, 0.4) is 0 Å². The van der Waals surface area contributed by atoms with Crippen molar-refractivity contribution >= 4 is 69.3 Å². The lowest BCUT2D eigenvalue weighted by atomic mass is 9.56. The molecule has 3 aromatic rings. The number of rotatable bonds is 5. The fourth-order valence-electron chi connectivity index (χ4n) is 7.74. The Morgan fingerprint density at radius 2 is 1.64 bits per heavy atom. The number of hydrogen-bond donors (Lipinski definition) is 2. The molecule has 1 saturated carbocycles. The first-order chi connectivity index (χ1) is 21.4. The number of hydrogen-bond acceptors (Lipinski definition) is 6. The van der Waals surface area contributed by atoms with Gasteiger partial charge in [0.1, 0.15) is 11.6 Å². The Balaban J connectivity index is 1.43. The van der Waals surface area contributed by atoms with Gasteiger partial charge >= 0.3 is 5.97 Å². The van der Waals surface area contributed by atoms with Crippen LogP contribution in [0, 0.1) is 23.6 Å². The molecule has 4 amide bonds. The molecule has 4 aliphatic rings. The van der Waals surface area contributed by atoms with E-state index in [0.29, 0.717) is 16.3 Å². The number of amides is 4. The molecule has 2 aliphatic heterocycles. The molecule has 9 nitrogen and oxygen atoms in total. The Kier molecular flexibility index (Phi) is 6.62. The van der Waals surface area contributed by atoms with Gasteiger partial charge in [0, 0.05) is 23.4 Å². The van der Waals surface area contributed by atoms with E-state index in [1.165, 1.54) is 12.1 Å². The van der Waals surface area contributed by atoms with E-state index < -0.39 is 75.3 Å². The number of likely N-dealkylation sites (tertiary alicyclic amines) is 1. The summed E-state index contributed by atoms with van der Waals surface area (Å²) in [6, 6.07) is 15.1. The maximum atomic E-state index is 14.4. The van der Waals surface area contributed by atoms with E-state index in [-0.39, 0.29) is 36.4 Å². The van der Waals surface area contributed by atoms with Gasteiger partial charge in [0.05, 0.1) is 23.9 Å². The highest BCUT2D eigenvalue weighted by molar-refractivity contribution is 6.58. The molecule has 12 heteroatoms. The SMILES string of the molecule is O=C(O)CCN1C(=O)C2CC=C3C(CC4(Cl)C(=O)N(c5ccc(F)cc5)C(=O)C4(Cl)C3c3ccc4ccccc4c3O)C2C1=O. The molecule has 2 saturated heterocycles. The number of carboxylic acids is 1. The van der Waals surface area contributed by atoms with Crippen LogP contribution in [0.25, 0.3) is 10.8 Å². The molecule has 45 heavy (non-hydrogen) atoms. The molecule has 2 heterocycles. The average Bonchev–Trinajstić information content (AvgIpc) is 3.35. The average molecular weight is 651 g/mol. The van der Waals surface area contributed by atoms with Gasteiger partial charge in [0.2, 0.25) is 11.8 Å². The summed E-state index contributed by atoms with van der Waals surface area (Å²) in [5.41, 5.74) is 0.741. The van der Waals surface area contributed by atoms with Crippen LogP contribution in [0.5, 0.6) is 5.75 Å². The number of anilines is 1. The molecular weight excluding hydrogens is 626 g/mol. The number of carboxylic acid groups (broad SMARTS) is 1. The van der Waals surface area contributed by atoms with Gasteiger partial charge < -0.3 is 10.2 Å². The van der Waals surface area contributed by atoms with Gasteiger partial charge in [-0.25, -0.2) is 9.29 Å². The Morgan fingerprint density at radius 1 is 0.933 bits per heavy atom. The highest BCUT2D eigenvalue weighted by Crippen LogP contribution is 2.66. The fraction of sp³-hybridized carbons (Fsp3) is 0.303. The lowest BCUT2D eigenvalue weighted by Crippen LogP contribution is -2.60. The van der Waals surface area contributed by atoms with Crippen LogP contribution in [0.4, 0.5) is 10.1 Å². The van der Waals surface area contributed by atoms with E-state index in [1.807, 2.05) is 0 Å². The Morgan fingerprint density at radius 3 is 2.36 bits per heavy atom. The molecule has 0 aromatic heterocycles. The molecule has 3 aromatic carbocycles. The summed E-state index contributed by atoms with van der Waals surface area (Å²) < 4.78 is 13.8. The molecule has 2 N–H and O–H groups in total. The molecule has 6 unspecified atom stereocenters. The molecule has 0 spiro atoms. The third-order valence-corrected chi connectivity index (χ3v) is 11.2. The van der Waals surface area contributed by atoms with Gasteiger partial charge in [-0.15, -0.1) is 23.2 Å². The highest BCUT2D eigenvalue weighted by Gasteiger charge is 2.76. The van der Waals surface area contributed by atoms with Crippen molar-refractivity contribution in [3.8, 4) is 5.75 Å². The zero-order chi connectivity index (χ0) is 32.0. The molecule has 0 radical (unpaired) electrons. The van der Waals surface area contributed by atoms with Crippen LogP contribution in [0.2, 0.25) is 0 Å². The second kappa shape index (κ2) is 10.1. The number of nitrogens with zero attached hydrogens (tertiary/aromatic N) is 2. The number of halogens is 3. The second-order valence-electron chi connectivity index (χ2n) is 11.9. The predicted molar refractivity (Wildman–Crippen MR) is 161 cm³/mol. The standard InChI is InChI=1S/C33H25Cl2FN2O7/c34-32-15-23-20(11-12-21-25(23)29(43)37(28(21)42)14-13-24(39)40)26(22-10-5-16-3-1-2-4-19(16)27(22)41)33(32,35)31(45)38(30(32)44)18-8-6-17(36)7-9-18/h1-11,21,23,25-26,41H,12-15H2,(H,39,40). The van der Waals surface area contributed by atoms with E-state index in [2.05, 4.69) is 0 Å². The van der Waals surface area contributed by atoms with E-state index in [4.69, 9.17) is 23.2 Å². The summed E-state index contributed by atoms with van der Waals surface area (Å²) in [6.45, 7) is -0.307. The fourth-order valence-corrected chi connectivity index (χ4v) is 8.67. The zero-order valence-electron chi connectivity index (χ0n) is 23.5. The van der Waals surface area contributed by atoms with Crippen LogP contribution in [-0.4, -0.2) is 61.0 Å². The first-order valence-electron chi connectivity index (χ1n) is 14.4. The van der Waals surface area contributed by atoms with Gasteiger partial charge in [-0.05, 0) is 48.4 Å². The Bertz CT molecular complexity index is 1880. The van der Waals surface area contributed by atoms with Crippen molar-refractivity contribution in [1.29, 1.82) is 0 Å². The summed E-state index contributed by atoms with van der Waals surface area (Å²) in [7, 11) is 0. The van der Waals surface area contributed by atoms with E-state index in [9.17, 15) is 38.6 Å². The lowest BCUT2D eigenvalue weighted by Gasteiger charge is -2.50. The highest BCUT2D eigenvalue weighted by atomic mass is 35.5. The molecule has 230 valence electrons. The summed E-state index contributed by atoms with van der Waals surface area (Å²) in [5, 5.41) is 22.0. The summed E-state index contributed by atoms with van der Waals surface area (Å²) in [4.78, 5) is 64.6. The minimum atomic E-state index is -2.19. The lowest BCUT2D eigenvalue weighted by molar-refractivity contribution is -0.142. The van der Waals surface area contributed by atoms with Gasteiger partial charge in [-0.3, -0.25) is 28.9 Å². The number of imide groups is 2. The number of carbonyl (C=O) groups excluding carboxylic acids is 4. The van der Waals surface area contributed by atoms with E-state index in [1.54, 1.807) is 42.5 Å². The maximum Gasteiger partial charge on any atom is 0.305 e. The largest absolute Gasteiger partial charge is 0.507 e. The van der Waals surface area contributed by atoms with Crippen molar-refractivity contribution in [1.82, 2.24) is 4.90 Å². The molecule has 6 atom stereocenters. The van der Waals surface area contributed by atoms with Gasteiger partial charge in [0.25, 0.3) is 11.8 Å². The van der Waals surface area contributed by atoms with Crippen molar-refractivity contribution in [3.63, 3.8) is 0 Å². The second-order valence-corrected chi connectivity index (χ2v) is 13.2. The third-order valence-electron chi connectivity index (χ3n) is 9.78. The summed E-state index contributed by atoms with van der Waals surface area (Å²) in [6.07, 6.45) is 1.11. The predicted octanol–water partition coefficient (Wildman–Crippen LogP) is 4.72. The van der Waals surface area contributed by atoms with Crippen molar-refractivity contribution < 1.29 is 38.6 Å². The van der Waals surface area contributed by atoms with Crippen molar-refractivity contribution in [2.45, 2.75) is 34.9 Å². The van der Waals surface area contributed by atoms with Crippen LogP contribution < -0.4 is 4.90 Å². The first kappa shape index (κ1) is 29.4. The Labute approximate surface area is 265 Å². The smallest absolute Gasteiger partial charge is 0.305 e. The minimum Gasteiger partial charge on any atom is -0.507 e. The number of phenolic OH excluding ortho intramolecular Hbond substituents is 1. The zero-order valence-corrected chi connectivity index (χ0v) is 25.0. The Hall–Kier alpha value is -4.28. The van der Waals surface area contributed by atoms with Crippen molar-refractivity contribution in [3.05, 3.63) is 83.7 Å². The van der Waals surface area contributed by atoms with Crippen LogP contribution in [-0.2, 0) is 24.0 Å². The van der Waals surface area contributed by atoms with Gasteiger partial charge in [-0.2, -0.15) is 0 Å². The van der Waals surface area contributed by atoms with Gasteiger partial charge in [-0.1, -0.05) is 48.0 Å². The molecular formula is C33H25Cl2FN2O7. The number of aromatic hydroxyl groups is 1. The van der Waals surface area contributed by atoms with Crippen LogP contribution in [0.1, 0.15) is 30.7 Å².